The SMILES string of the molecule is CNC(=O)c1cc([N+](=O)[O-])ccc1NCC(O)c1c(F)cccc1F. The van der Waals surface area contributed by atoms with Gasteiger partial charge in [0.2, 0.25) is 0 Å². The zero-order chi connectivity index (χ0) is 18.6. The Bertz CT molecular complexity index is 794. The molecule has 0 aliphatic rings. The summed E-state index contributed by atoms with van der Waals surface area (Å²) in [4.78, 5) is 22.1. The van der Waals surface area contributed by atoms with Crippen molar-refractivity contribution in [3.63, 3.8) is 0 Å². The van der Waals surface area contributed by atoms with Crippen LogP contribution in [0.15, 0.2) is 36.4 Å². The highest BCUT2D eigenvalue weighted by molar-refractivity contribution is 6.00. The van der Waals surface area contributed by atoms with E-state index in [-0.39, 0.29) is 23.5 Å². The van der Waals surface area contributed by atoms with Crippen molar-refractivity contribution < 1.29 is 23.6 Å². The molecule has 0 bridgehead atoms. The van der Waals surface area contributed by atoms with Gasteiger partial charge in [-0.05, 0) is 18.2 Å². The van der Waals surface area contributed by atoms with E-state index in [1.807, 2.05) is 0 Å². The molecule has 7 nitrogen and oxygen atoms in total. The Morgan fingerprint density at radius 1 is 1.28 bits per heavy atom. The number of carbonyl (C=O) groups excluding carboxylic acids is 1. The molecule has 3 N–H and O–H groups in total. The first-order valence-electron chi connectivity index (χ1n) is 7.21. The van der Waals surface area contributed by atoms with E-state index < -0.39 is 34.1 Å². The van der Waals surface area contributed by atoms with Gasteiger partial charge in [-0.3, -0.25) is 14.9 Å². The molecule has 0 heterocycles. The number of nitro groups is 1. The highest BCUT2D eigenvalue weighted by atomic mass is 19.1. The van der Waals surface area contributed by atoms with Gasteiger partial charge in [0.25, 0.3) is 11.6 Å². The Morgan fingerprint density at radius 2 is 1.92 bits per heavy atom. The van der Waals surface area contributed by atoms with Crippen LogP contribution < -0.4 is 10.6 Å². The number of nitro benzene ring substituents is 1. The Hall–Kier alpha value is -3.07. The first kappa shape index (κ1) is 18.3. The number of halogens is 2. The van der Waals surface area contributed by atoms with Crippen molar-refractivity contribution in [2.24, 2.45) is 0 Å². The Labute approximate surface area is 141 Å². The number of hydrogen-bond acceptors (Lipinski definition) is 5. The molecule has 0 fully saturated rings. The summed E-state index contributed by atoms with van der Waals surface area (Å²) in [5.41, 5.74) is -0.637. The molecule has 1 unspecified atom stereocenters. The Morgan fingerprint density at radius 3 is 2.48 bits per heavy atom. The standard InChI is InChI=1S/C16H15F2N3O4/c1-19-16(23)10-7-9(21(24)25)5-6-13(10)20-8-14(22)15-11(17)3-2-4-12(15)18/h2-7,14,20,22H,8H2,1H3,(H,19,23). The molecule has 9 heteroatoms. The minimum absolute atomic E-state index is 0.0297. The summed E-state index contributed by atoms with van der Waals surface area (Å²) >= 11 is 0. The molecular formula is C16H15F2N3O4. The summed E-state index contributed by atoms with van der Waals surface area (Å²) in [6.07, 6.45) is -1.52. The Kier molecular flexibility index (Phi) is 5.60. The second-order valence-electron chi connectivity index (χ2n) is 5.10. The van der Waals surface area contributed by atoms with Gasteiger partial charge in [-0.1, -0.05) is 6.07 Å². The summed E-state index contributed by atoms with van der Waals surface area (Å²) in [5, 5.41) is 25.9. The average Bonchev–Trinajstić information content (AvgIpc) is 2.58. The number of hydrogen-bond donors (Lipinski definition) is 3. The minimum Gasteiger partial charge on any atom is -0.386 e. The van der Waals surface area contributed by atoms with E-state index >= 15 is 0 Å². The van der Waals surface area contributed by atoms with Crippen molar-refractivity contribution in [1.29, 1.82) is 0 Å². The van der Waals surface area contributed by atoms with Gasteiger partial charge in [0.15, 0.2) is 0 Å². The van der Waals surface area contributed by atoms with E-state index in [1.165, 1.54) is 25.2 Å². The third-order valence-corrected chi connectivity index (χ3v) is 3.50. The van der Waals surface area contributed by atoms with Crippen LogP contribution in [-0.2, 0) is 0 Å². The van der Waals surface area contributed by atoms with Crippen LogP contribution in [0.4, 0.5) is 20.2 Å². The first-order chi connectivity index (χ1) is 11.8. The molecule has 1 atom stereocenters. The maximum Gasteiger partial charge on any atom is 0.270 e. The molecule has 0 spiro atoms. The van der Waals surface area contributed by atoms with E-state index in [2.05, 4.69) is 10.6 Å². The monoisotopic (exact) mass is 351 g/mol. The molecular weight excluding hydrogens is 336 g/mol. The average molecular weight is 351 g/mol. The van der Waals surface area contributed by atoms with Gasteiger partial charge in [0, 0.05) is 31.4 Å². The number of benzene rings is 2. The zero-order valence-electron chi connectivity index (χ0n) is 13.1. The van der Waals surface area contributed by atoms with E-state index in [9.17, 15) is 28.8 Å². The van der Waals surface area contributed by atoms with Gasteiger partial charge < -0.3 is 15.7 Å². The molecule has 0 radical (unpaired) electrons. The van der Waals surface area contributed by atoms with Crippen molar-refractivity contribution in [3.8, 4) is 0 Å². The van der Waals surface area contributed by atoms with Crippen LogP contribution in [0.1, 0.15) is 22.0 Å². The van der Waals surface area contributed by atoms with Crippen molar-refractivity contribution >= 4 is 17.3 Å². The zero-order valence-corrected chi connectivity index (χ0v) is 13.1. The lowest BCUT2D eigenvalue weighted by Gasteiger charge is -2.16. The van der Waals surface area contributed by atoms with Crippen molar-refractivity contribution in [1.82, 2.24) is 5.32 Å². The molecule has 2 aromatic rings. The summed E-state index contributed by atoms with van der Waals surface area (Å²) in [5.74, 6) is -2.38. The molecule has 0 aromatic heterocycles. The van der Waals surface area contributed by atoms with Gasteiger partial charge in [-0.2, -0.15) is 0 Å². The molecule has 1 amide bonds. The first-order valence-corrected chi connectivity index (χ1v) is 7.21. The fraction of sp³-hybridized carbons (Fsp3) is 0.188. The number of anilines is 1. The molecule has 25 heavy (non-hydrogen) atoms. The summed E-state index contributed by atoms with van der Waals surface area (Å²) in [6.45, 7) is -0.306. The number of carbonyl (C=O) groups is 1. The second-order valence-corrected chi connectivity index (χ2v) is 5.10. The number of aliphatic hydroxyl groups is 1. The lowest BCUT2D eigenvalue weighted by molar-refractivity contribution is -0.384. The molecule has 2 aromatic carbocycles. The van der Waals surface area contributed by atoms with Gasteiger partial charge in [-0.15, -0.1) is 0 Å². The molecule has 0 saturated heterocycles. The summed E-state index contributed by atoms with van der Waals surface area (Å²) < 4.78 is 27.3. The van der Waals surface area contributed by atoms with Crippen LogP contribution in [0.3, 0.4) is 0 Å². The lowest BCUT2D eigenvalue weighted by atomic mass is 10.1. The van der Waals surface area contributed by atoms with E-state index in [0.717, 1.165) is 18.2 Å². The number of nitrogens with one attached hydrogen (secondary N) is 2. The smallest absolute Gasteiger partial charge is 0.270 e. The van der Waals surface area contributed by atoms with Crippen LogP contribution in [-0.4, -0.2) is 29.5 Å². The largest absolute Gasteiger partial charge is 0.386 e. The summed E-state index contributed by atoms with van der Waals surface area (Å²) in [6, 6.07) is 6.73. The molecule has 2 rings (SSSR count). The Balaban J connectivity index is 2.25. The number of nitrogens with zero attached hydrogens (tertiary/aromatic N) is 1. The summed E-state index contributed by atoms with van der Waals surface area (Å²) in [7, 11) is 1.36. The van der Waals surface area contributed by atoms with Gasteiger partial charge >= 0.3 is 0 Å². The van der Waals surface area contributed by atoms with Crippen LogP contribution in [0.25, 0.3) is 0 Å². The predicted molar refractivity (Wildman–Crippen MR) is 86.3 cm³/mol. The normalized spacial score (nSPS) is 11.7. The van der Waals surface area contributed by atoms with E-state index in [4.69, 9.17) is 0 Å². The van der Waals surface area contributed by atoms with E-state index in [1.54, 1.807) is 0 Å². The van der Waals surface area contributed by atoms with Gasteiger partial charge in [0.1, 0.15) is 17.7 Å². The maximum atomic E-state index is 13.7. The number of amides is 1. The van der Waals surface area contributed by atoms with Crippen molar-refractivity contribution in [3.05, 3.63) is 69.3 Å². The minimum atomic E-state index is -1.52. The van der Waals surface area contributed by atoms with Crippen LogP contribution in [0.5, 0.6) is 0 Å². The highest BCUT2D eigenvalue weighted by Crippen LogP contribution is 2.25. The molecule has 0 saturated carbocycles. The van der Waals surface area contributed by atoms with Crippen molar-refractivity contribution in [2.45, 2.75) is 6.10 Å². The molecule has 132 valence electrons. The van der Waals surface area contributed by atoms with Crippen molar-refractivity contribution in [2.75, 3.05) is 18.9 Å². The maximum absolute atomic E-state index is 13.7. The van der Waals surface area contributed by atoms with Gasteiger partial charge in [-0.25, -0.2) is 8.78 Å². The second kappa shape index (κ2) is 7.67. The number of aliphatic hydroxyl groups excluding tert-OH is 1. The highest BCUT2D eigenvalue weighted by Gasteiger charge is 2.20. The fourth-order valence-corrected chi connectivity index (χ4v) is 2.26. The predicted octanol–water partition coefficient (Wildman–Crippen LogP) is 2.38. The lowest BCUT2D eigenvalue weighted by Crippen LogP contribution is -2.21. The van der Waals surface area contributed by atoms with Gasteiger partial charge in [0.05, 0.1) is 16.1 Å². The topological polar surface area (TPSA) is 104 Å². The fourth-order valence-electron chi connectivity index (χ4n) is 2.26. The van der Waals surface area contributed by atoms with Crippen LogP contribution >= 0.6 is 0 Å². The van der Waals surface area contributed by atoms with E-state index in [0.29, 0.717) is 0 Å². The van der Waals surface area contributed by atoms with Crippen LogP contribution in [0.2, 0.25) is 0 Å². The third-order valence-electron chi connectivity index (χ3n) is 3.50. The molecule has 0 aliphatic heterocycles. The number of rotatable bonds is 6. The molecule has 0 aliphatic carbocycles. The van der Waals surface area contributed by atoms with Crippen LogP contribution in [0, 0.1) is 21.7 Å². The number of non-ortho nitro benzene ring substituents is 1. The third kappa shape index (κ3) is 4.07. The quantitative estimate of drug-likeness (QED) is 0.547.